The molecule has 1 amide bonds. The van der Waals surface area contributed by atoms with E-state index in [-0.39, 0.29) is 11.3 Å². The molecular formula is C8H6F3N2O2. The number of rotatable bonds is 2. The highest BCUT2D eigenvalue weighted by Crippen LogP contribution is 2.26. The molecule has 1 rings (SSSR count). The van der Waals surface area contributed by atoms with E-state index in [1.54, 1.807) is 0 Å². The molecule has 0 heterocycles. The summed E-state index contributed by atoms with van der Waals surface area (Å²) in [6.45, 7) is 0. The molecule has 0 saturated carbocycles. The summed E-state index contributed by atoms with van der Waals surface area (Å²) in [5, 5.41) is 0. The predicted molar refractivity (Wildman–Crippen MR) is 44.4 cm³/mol. The highest BCUT2D eigenvalue weighted by molar-refractivity contribution is 5.97. The number of ether oxygens (including phenoxy) is 1. The fourth-order valence-electron chi connectivity index (χ4n) is 0.924. The van der Waals surface area contributed by atoms with E-state index in [1.165, 1.54) is 0 Å². The van der Waals surface area contributed by atoms with Crippen molar-refractivity contribution in [2.75, 3.05) is 0 Å². The molecule has 1 aromatic rings. The third kappa shape index (κ3) is 3.04. The Hall–Kier alpha value is -1.92. The first kappa shape index (κ1) is 11.2. The van der Waals surface area contributed by atoms with E-state index in [0.717, 1.165) is 18.2 Å². The van der Waals surface area contributed by atoms with Crippen LogP contribution in [0, 0.1) is 0 Å². The van der Waals surface area contributed by atoms with Crippen molar-refractivity contribution in [3.05, 3.63) is 23.8 Å². The van der Waals surface area contributed by atoms with Gasteiger partial charge in [0.25, 0.3) is 5.91 Å². The number of nitrogens with one attached hydrogen (secondary N) is 1. The van der Waals surface area contributed by atoms with Crippen molar-refractivity contribution in [2.24, 2.45) is 5.73 Å². The van der Waals surface area contributed by atoms with Gasteiger partial charge in [-0.25, -0.2) is 0 Å². The Morgan fingerprint density at radius 1 is 1.40 bits per heavy atom. The van der Waals surface area contributed by atoms with Crippen LogP contribution in [0.3, 0.4) is 0 Å². The lowest BCUT2D eigenvalue weighted by Gasteiger charge is -2.09. The van der Waals surface area contributed by atoms with Gasteiger partial charge >= 0.3 is 6.36 Å². The number of nitrogens with two attached hydrogens (primary N) is 1. The Labute approximate surface area is 82.6 Å². The molecule has 1 aromatic carbocycles. The molecular weight excluding hydrogens is 213 g/mol. The summed E-state index contributed by atoms with van der Waals surface area (Å²) in [6, 6.07) is 2.71. The second-order valence-electron chi connectivity index (χ2n) is 2.62. The molecule has 0 unspecified atom stereocenters. The van der Waals surface area contributed by atoms with Crippen molar-refractivity contribution in [2.45, 2.75) is 6.36 Å². The summed E-state index contributed by atoms with van der Waals surface area (Å²) in [4.78, 5) is 10.7. The zero-order valence-corrected chi connectivity index (χ0v) is 7.26. The van der Waals surface area contributed by atoms with Gasteiger partial charge in [0.1, 0.15) is 5.75 Å². The van der Waals surface area contributed by atoms with Gasteiger partial charge in [0, 0.05) is 0 Å². The maximum atomic E-state index is 11.8. The third-order valence-electron chi connectivity index (χ3n) is 1.49. The minimum absolute atomic E-state index is 0.253. The van der Waals surface area contributed by atoms with E-state index in [4.69, 9.17) is 11.5 Å². The van der Waals surface area contributed by atoms with Crippen molar-refractivity contribution < 1.29 is 22.7 Å². The first-order valence-corrected chi connectivity index (χ1v) is 3.71. The zero-order valence-electron chi connectivity index (χ0n) is 7.26. The zero-order chi connectivity index (χ0) is 11.6. The monoisotopic (exact) mass is 219 g/mol. The maximum absolute atomic E-state index is 11.8. The van der Waals surface area contributed by atoms with Crippen LogP contribution in [0.15, 0.2) is 18.2 Å². The predicted octanol–water partition coefficient (Wildman–Crippen LogP) is 1.60. The number of halogens is 3. The highest BCUT2D eigenvalue weighted by Gasteiger charge is 2.31. The quantitative estimate of drug-likeness (QED) is 0.819. The molecule has 0 fully saturated rings. The lowest BCUT2D eigenvalue weighted by molar-refractivity contribution is -0.274. The second-order valence-corrected chi connectivity index (χ2v) is 2.62. The number of hydrogen-bond acceptors (Lipinski definition) is 2. The standard InChI is InChI=1S/C8H6F3N2O2/c9-8(10,11)15-4-1-2-6(12)5(3-4)7(13)14/h1-3,12H,(H2,13,14). The average Bonchev–Trinajstić information content (AvgIpc) is 2.05. The minimum atomic E-state index is -4.83. The topological polar surface area (TPSA) is 76.1 Å². The Morgan fingerprint density at radius 2 is 2.00 bits per heavy atom. The number of carbonyl (C=O) groups is 1. The summed E-state index contributed by atoms with van der Waals surface area (Å²) in [5.41, 5.74) is 11.5. The summed E-state index contributed by atoms with van der Waals surface area (Å²) in [6.07, 6.45) is -4.83. The number of primary amides is 1. The lowest BCUT2D eigenvalue weighted by atomic mass is 10.1. The molecule has 1 radical (unpaired) electrons. The number of benzene rings is 1. The van der Waals surface area contributed by atoms with Gasteiger partial charge in [0.2, 0.25) is 0 Å². The maximum Gasteiger partial charge on any atom is 0.573 e. The summed E-state index contributed by atoms with van der Waals surface area (Å²) in [7, 11) is 0. The van der Waals surface area contributed by atoms with Crippen LogP contribution in [0.5, 0.6) is 5.75 Å². The van der Waals surface area contributed by atoms with Crippen molar-refractivity contribution in [1.82, 2.24) is 5.73 Å². The SMILES string of the molecule is [NH]c1ccc(OC(F)(F)F)cc1C(N)=O. The van der Waals surface area contributed by atoms with Gasteiger partial charge in [-0.3, -0.25) is 4.79 Å². The first-order valence-electron chi connectivity index (χ1n) is 3.71. The Kier molecular flexibility index (Phi) is 2.74. The van der Waals surface area contributed by atoms with Gasteiger partial charge < -0.3 is 16.2 Å². The van der Waals surface area contributed by atoms with E-state index in [1.807, 2.05) is 0 Å². The van der Waals surface area contributed by atoms with E-state index < -0.39 is 18.0 Å². The Morgan fingerprint density at radius 3 is 2.47 bits per heavy atom. The molecule has 4 nitrogen and oxygen atoms in total. The average molecular weight is 219 g/mol. The molecule has 0 atom stereocenters. The highest BCUT2D eigenvalue weighted by atomic mass is 19.4. The second kappa shape index (κ2) is 3.68. The van der Waals surface area contributed by atoms with Crippen LogP contribution in [0.1, 0.15) is 10.4 Å². The fourth-order valence-corrected chi connectivity index (χ4v) is 0.924. The smallest absolute Gasteiger partial charge is 0.406 e. The van der Waals surface area contributed by atoms with Crippen LogP contribution in [0.4, 0.5) is 18.9 Å². The molecule has 15 heavy (non-hydrogen) atoms. The molecule has 0 aliphatic rings. The largest absolute Gasteiger partial charge is 0.573 e. The Bertz CT molecular complexity index is 390. The van der Waals surface area contributed by atoms with Gasteiger partial charge in [0.15, 0.2) is 0 Å². The molecule has 81 valence electrons. The van der Waals surface area contributed by atoms with E-state index in [0.29, 0.717) is 0 Å². The summed E-state index contributed by atoms with van der Waals surface area (Å²) >= 11 is 0. The molecule has 0 saturated heterocycles. The van der Waals surface area contributed by atoms with Crippen LogP contribution in [0.2, 0.25) is 0 Å². The molecule has 0 aromatic heterocycles. The number of hydrogen-bond donors (Lipinski definition) is 1. The van der Waals surface area contributed by atoms with Gasteiger partial charge in [0.05, 0.1) is 11.3 Å². The van der Waals surface area contributed by atoms with Crippen LogP contribution in [-0.2, 0) is 0 Å². The van der Waals surface area contributed by atoms with Gasteiger partial charge in [-0.05, 0) is 18.2 Å². The molecule has 0 aliphatic carbocycles. The molecule has 0 aliphatic heterocycles. The molecule has 7 heteroatoms. The van der Waals surface area contributed by atoms with Crippen molar-refractivity contribution >= 4 is 11.6 Å². The summed E-state index contributed by atoms with van der Waals surface area (Å²) < 4.78 is 38.9. The summed E-state index contributed by atoms with van der Waals surface area (Å²) in [5.74, 6) is -1.56. The first-order chi connectivity index (χ1) is 6.79. The fraction of sp³-hybridized carbons (Fsp3) is 0.125. The van der Waals surface area contributed by atoms with Crippen LogP contribution < -0.4 is 16.2 Å². The van der Waals surface area contributed by atoms with Gasteiger partial charge in [-0.1, -0.05) is 0 Å². The van der Waals surface area contributed by atoms with Crippen LogP contribution >= 0.6 is 0 Å². The minimum Gasteiger partial charge on any atom is -0.406 e. The number of alkyl halides is 3. The lowest BCUT2D eigenvalue weighted by Crippen LogP contribution is -2.18. The molecule has 0 spiro atoms. The van der Waals surface area contributed by atoms with Crippen molar-refractivity contribution in [3.63, 3.8) is 0 Å². The van der Waals surface area contributed by atoms with Crippen molar-refractivity contribution in [3.8, 4) is 5.75 Å². The number of carbonyl (C=O) groups excluding carboxylic acids is 1. The van der Waals surface area contributed by atoms with E-state index >= 15 is 0 Å². The van der Waals surface area contributed by atoms with Crippen LogP contribution in [0.25, 0.3) is 0 Å². The molecule has 3 N–H and O–H groups in total. The van der Waals surface area contributed by atoms with Crippen molar-refractivity contribution in [1.29, 1.82) is 0 Å². The molecule has 0 bridgehead atoms. The van der Waals surface area contributed by atoms with Gasteiger partial charge in [-0.15, -0.1) is 13.2 Å². The Balaban J connectivity index is 3.03. The van der Waals surface area contributed by atoms with Crippen LogP contribution in [-0.4, -0.2) is 12.3 Å². The van der Waals surface area contributed by atoms with E-state index in [9.17, 15) is 18.0 Å². The third-order valence-corrected chi connectivity index (χ3v) is 1.49. The normalized spacial score (nSPS) is 11.1. The number of amides is 1. The van der Waals surface area contributed by atoms with E-state index in [2.05, 4.69) is 4.74 Å². The van der Waals surface area contributed by atoms with Gasteiger partial charge in [-0.2, -0.15) is 0 Å².